The Hall–Kier alpha value is -2.47. The fraction of sp³-hybridized carbons (Fsp3) is 0.0714. The lowest BCUT2D eigenvalue weighted by Crippen LogP contribution is -1.91. The van der Waals surface area contributed by atoms with E-state index < -0.39 is 0 Å². The van der Waals surface area contributed by atoms with E-state index in [2.05, 4.69) is 6.07 Å². The monoisotopic (exact) mass is 224 g/mol. The van der Waals surface area contributed by atoms with Crippen molar-refractivity contribution in [3.8, 4) is 17.6 Å². The van der Waals surface area contributed by atoms with Crippen LogP contribution in [0.2, 0.25) is 0 Å². The van der Waals surface area contributed by atoms with Crippen molar-refractivity contribution in [2.75, 3.05) is 5.73 Å². The number of aryl methyl sites for hydroxylation is 1. The summed E-state index contributed by atoms with van der Waals surface area (Å²) in [6, 6.07) is 14.6. The van der Waals surface area contributed by atoms with E-state index in [-0.39, 0.29) is 0 Å². The Bertz CT molecular complexity index is 568. The highest BCUT2D eigenvalue weighted by molar-refractivity contribution is 5.49. The number of nitrogens with zero attached hydrogens (tertiary/aromatic N) is 1. The third kappa shape index (κ3) is 2.56. The van der Waals surface area contributed by atoms with E-state index >= 15 is 0 Å². The molecule has 0 aliphatic heterocycles. The van der Waals surface area contributed by atoms with Crippen molar-refractivity contribution in [2.24, 2.45) is 0 Å². The molecule has 0 aliphatic carbocycles. The molecule has 2 N–H and O–H groups in total. The third-order valence-electron chi connectivity index (χ3n) is 2.42. The molecule has 2 aromatic rings. The van der Waals surface area contributed by atoms with E-state index in [1.807, 2.05) is 19.1 Å². The van der Waals surface area contributed by atoms with Gasteiger partial charge in [-0.3, -0.25) is 0 Å². The fourth-order valence-corrected chi connectivity index (χ4v) is 1.45. The lowest BCUT2D eigenvalue weighted by Gasteiger charge is -2.09. The second kappa shape index (κ2) is 4.58. The number of nitrogens with two attached hydrogens (primary N) is 1. The topological polar surface area (TPSA) is 59.0 Å². The van der Waals surface area contributed by atoms with Gasteiger partial charge in [-0.15, -0.1) is 0 Å². The Labute approximate surface area is 100 Å². The second-order valence-electron chi connectivity index (χ2n) is 3.76. The lowest BCUT2D eigenvalue weighted by atomic mass is 10.2. The summed E-state index contributed by atoms with van der Waals surface area (Å²) in [6.45, 7) is 1.96. The van der Waals surface area contributed by atoms with Crippen molar-refractivity contribution >= 4 is 5.69 Å². The van der Waals surface area contributed by atoms with Crippen LogP contribution in [0.15, 0.2) is 42.5 Å². The summed E-state index contributed by atoms with van der Waals surface area (Å²) >= 11 is 0. The first-order valence-corrected chi connectivity index (χ1v) is 5.23. The summed E-state index contributed by atoms with van der Waals surface area (Å²) in [5.41, 5.74) is 8.00. The molecule has 0 aromatic heterocycles. The Kier molecular flexibility index (Phi) is 2.97. The minimum absolute atomic E-state index is 0.613. The van der Waals surface area contributed by atoms with Crippen molar-refractivity contribution < 1.29 is 4.74 Å². The Morgan fingerprint density at radius 1 is 1.12 bits per heavy atom. The molecule has 0 radical (unpaired) electrons. The summed E-state index contributed by atoms with van der Waals surface area (Å²) < 4.78 is 5.70. The highest BCUT2D eigenvalue weighted by Gasteiger charge is 2.02. The summed E-state index contributed by atoms with van der Waals surface area (Å²) in [5.74, 6) is 1.42. The van der Waals surface area contributed by atoms with Crippen LogP contribution in [0.3, 0.4) is 0 Å². The molecular weight excluding hydrogens is 212 g/mol. The normalized spacial score (nSPS) is 9.65. The zero-order chi connectivity index (χ0) is 12.3. The van der Waals surface area contributed by atoms with Gasteiger partial charge < -0.3 is 10.5 Å². The quantitative estimate of drug-likeness (QED) is 0.796. The third-order valence-corrected chi connectivity index (χ3v) is 2.42. The van der Waals surface area contributed by atoms with Crippen molar-refractivity contribution in [1.82, 2.24) is 0 Å². The molecule has 3 heteroatoms. The fourth-order valence-electron chi connectivity index (χ4n) is 1.45. The molecule has 0 aliphatic rings. The molecule has 0 fully saturated rings. The molecule has 3 nitrogen and oxygen atoms in total. The summed E-state index contributed by atoms with van der Waals surface area (Å²) in [4.78, 5) is 0. The Morgan fingerprint density at radius 3 is 2.47 bits per heavy atom. The number of hydrogen-bond donors (Lipinski definition) is 1. The molecule has 0 spiro atoms. The predicted molar refractivity (Wildman–Crippen MR) is 66.8 cm³/mol. The average Bonchev–Trinajstić information content (AvgIpc) is 2.35. The van der Waals surface area contributed by atoms with E-state index in [4.69, 9.17) is 15.7 Å². The second-order valence-corrected chi connectivity index (χ2v) is 3.76. The van der Waals surface area contributed by atoms with Gasteiger partial charge in [0.2, 0.25) is 0 Å². The van der Waals surface area contributed by atoms with Gasteiger partial charge in [0.05, 0.1) is 11.6 Å². The highest BCUT2D eigenvalue weighted by atomic mass is 16.5. The van der Waals surface area contributed by atoms with Gasteiger partial charge in [-0.2, -0.15) is 5.26 Å². The minimum Gasteiger partial charge on any atom is -0.457 e. The highest BCUT2D eigenvalue weighted by Crippen LogP contribution is 2.26. The largest absolute Gasteiger partial charge is 0.457 e. The first-order valence-electron chi connectivity index (χ1n) is 5.23. The standard InChI is InChI=1S/C14H12N2O/c1-10-2-5-12(16)8-14(10)17-13-6-3-11(9-15)4-7-13/h2-8H,16H2,1H3. The Balaban J connectivity index is 2.25. The van der Waals surface area contributed by atoms with Crippen molar-refractivity contribution in [3.63, 3.8) is 0 Å². The molecule has 0 bridgehead atoms. The molecule has 0 saturated carbocycles. The van der Waals surface area contributed by atoms with Crippen LogP contribution in [0.25, 0.3) is 0 Å². The predicted octanol–water partition coefficient (Wildman–Crippen LogP) is 3.24. The van der Waals surface area contributed by atoms with Crippen LogP contribution < -0.4 is 10.5 Å². The number of nitrogen functional groups attached to an aromatic ring is 1. The van der Waals surface area contributed by atoms with Gasteiger partial charge in [0.1, 0.15) is 11.5 Å². The van der Waals surface area contributed by atoms with Crippen LogP contribution in [-0.4, -0.2) is 0 Å². The number of hydrogen-bond acceptors (Lipinski definition) is 3. The number of benzene rings is 2. The van der Waals surface area contributed by atoms with Gasteiger partial charge in [0.15, 0.2) is 0 Å². The van der Waals surface area contributed by atoms with Gasteiger partial charge in [-0.25, -0.2) is 0 Å². The maximum Gasteiger partial charge on any atom is 0.132 e. The number of rotatable bonds is 2. The SMILES string of the molecule is Cc1ccc(N)cc1Oc1ccc(C#N)cc1. The Morgan fingerprint density at radius 2 is 1.82 bits per heavy atom. The van der Waals surface area contributed by atoms with Gasteiger partial charge in [-0.05, 0) is 42.8 Å². The van der Waals surface area contributed by atoms with E-state index in [9.17, 15) is 0 Å². The maximum absolute atomic E-state index is 8.69. The minimum atomic E-state index is 0.613. The van der Waals surface area contributed by atoms with Crippen LogP contribution in [-0.2, 0) is 0 Å². The number of nitriles is 1. The van der Waals surface area contributed by atoms with Crippen LogP contribution in [0.1, 0.15) is 11.1 Å². The lowest BCUT2D eigenvalue weighted by molar-refractivity contribution is 0.479. The average molecular weight is 224 g/mol. The molecule has 0 atom stereocenters. The van der Waals surface area contributed by atoms with E-state index in [0.29, 0.717) is 17.0 Å². The van der Waals surface area contributed by atoms with Gasteiger partial charge >= 0.3 is 0 Å². The summed E-state index contributed by atoms with van der Waals surface area (Å²) in [7, 11) is 0. The zero-order valence-corrected chi connectivity index (χ0v) is 9.47. The van der Waals surface area contributed by atoms with Crippen molar-refractivity contribution in [3.05, 3.63) is 53.6 Å². The molecule has 0 saturated heterocycles. The smallest absolute Gasteiger partial charge is 0.132 e. The van der Waals surface area contributed by atoms with Gasteiger partial charge in [0, 0.05) is 11.8 Å². The van der Waals surface area contributed by atoms with E-state index in [1.54, 1.807) is 30.3 Å². The molecule has 2 rings (SSSR count). The molecule has 0 heterocycles. The van der Waals surface area contributed by atoms with Crippen molar-refractivity contribution in [1.29, 1.82) is 5.26 Å². The first kappa shape index (κ1) is 11.0. The molecule has 17 heavy (non-hydrogen) atoms. The molecule has 84 valence electrons. The molecular formula is C14H12N2O. The van der Waals surface area contributed by atoms with Gasteiger partial charge in [-0.1, -0.05) is 6.07 Å². The van der Waals surface area contributed by atoms with Crippen molar-refractivity contribution in [2.45, 2.75) is 6.92 Å². The van der Waals surface area contributed by atoms with Crippen LogP contribution in [0.4, 0.5) is 5.69 Å². The van der Waals surface area contributed by atoms with Crippen LogP contribution in [0.5, 0.6) is 11.5 Å². The maximum atomic E-state index is 8.69. The molecule has 0 amide bonds. The molecule has 0 unspecified atom stereocenters. The summed E-state index contributed by atoms with van der Waals surface area (Å²) in [5, 5.41) is 8.69. The van der Waals surface area contributed by atoms with E-state index in [0.717, 1.165) is 11.3 Å². The van der Waals surface area contributed by atoms with E-state index in [1.165, 1.54) is 0 Å². The molecule has 2 aromatic carbocycles. The number of ether oxygens (including phenoxy) is 1. The van der Waals surface area contributed by atoms with Crippen LogP contribution in [0, 0.1) is 18.3 Å². The number of anilines is 1. The van der Waals surface area contributed by atoms with Crippen LogP contribution >= 0.6 is 0 Å². The van der Waals surface area contributed by atoms with Gasteiger partial charge in [0.25, 0.3) is 0 Å². The zero-order valence-electron chi connectivity index (χ0n) is 9.47. The first-order chi connectivity index (χ1) is 8.19. The summed E-state index contributed by atoms with van der Waals surface area (Å²) in [6.07, 6.45) is 0.